The summed E-state index contributed by atoms with van der Waals surface area (Å²) in [7, 11) is -1.03. The van der Waals surface area contributed by atoms with Crippen LogP contribution in [0.15, 0.2) is 41.3 Å². The Bertz CT molecular complexity index is 822. The fraction of sp³-hybridized carbons (Fsp3) is 0.353. The molecule has 1 aromatic heterocycles. The molecule has 0 N–H and O–H groups in total. The van der Waals surface area contributed by atoms with Crippen LogP contribution in [0.25, 0.3) is 0 Å². The van der Waals surface area contributed by atoms with Gasteiger partial charge in [0.2, 0.25) is 0 Å². The molecule has 7 heteroatoms. The van der Waals surface area contributed by atoms with Crippen LogP contribution in [0.3, 0.4) is 0 Å². The summed E-state index contributed by atoms with van der Waals surface area (Å²) in [4.78, 5) is 4.81. The van der Waals surface area contributed by atoms with Crippen molar-refractivity contribution in [2.45, 2.75) is 31.1 Å². The molecule has 2 heterocycles. The zero-order chi connectivity index (χ0) is 17.2. The van der Waals surface area contributed by atoms with Gasteiger partial charge in [-0.1, -0.05) is 23.8 Å². The van der Waals surface area contributed by atoms with E-state index in [9.17, 15) is 8.42 Å². The first kappa shape index (κ1) is 17.3. The summed E-state index contributed by atoms with van der Waals surface area (Å²) in [6.07, 6.45) is 2.61. The van der Waals surface area contributed by atoms with Gasteiger partial charge in [-0.05, 0) is 52.9 Å². The van der Waals surface area contributed by atoms with E-state index < -0.39 is 10.1 Å². The summed E-state index contributed by atoms with van der Waals surface area (Å²) in [6, 6.07) is 10.7. The second kappa shape index (κ2) is 7.18. The minimum absolute atomic E-state index is 0.0822. The van der Waals surface area contributed by atoms with E-state index >= 15 is 0 Å². The predicted molar refractivity (Wildman–Crippen MR) is 97.6 cm³/mol. The smallest absolute Gasteiger partial charge is 0.296 e. The number of pyridine rings is 1. The van der Waals surface area contributed by atoms with E-state index in [1.807, 2.05) is 13.0 Å². The van der Waals surface area contributed by atoms with Gasteiger partial charge in [0.05, 0.1) is 11.5 Å². The molecule has 1 aromatic carbocycles. The first-order valence-electron chi connectivity index (χ1n) is 7.93. The standard InChI is InChI=1S/C17H21N2O3PS/c1-13-4-8-16(9-5-13)24(20,21)22-12-10-15-7-6-14-3-2-11-19(23)17(14)18-15/h4-9H,2-3,10-12,23H2,1H3. The summed E-state index contributed by atoms with van der Waals surface area (Å²) in [6.45, 7) is 2.96. The maximum absolute atomic E-state index is 12.2. The Morgan fingerprint density at radius 3 is 2.71 bits per heavy atom. The fourth-order valence-corrected chi connectivity index (χ4v) is 3.99. The summed E-state index contributed by atoms with van der Waals surface area (Å²) in [5.74, 6) is 0.963. The van der Waals surface area contributed by atoms with Crippen LogP contribution >= 0.6 is 9.39 Å². The van der Waals surface area contributed by atoms with E-state index in [4.69, 9.17) is 4.18 Å². The van der Waals surface area contributed by atoms with E-state index in [0.29, 0.717) is 6.42 Å². The summed E-state index contributed by atoms with van der Waals surface area (Å²) < 4.78 is 31.5. The molecule has 0 saturated heterocycles. The molecule has 1 aliphatic rings. The predicted octanol–water partition coefficient (Wildman–Crippen LogP) is 2.88. The molecule has 128 valence electrons. The Labute approximate surface area is 145 Å². The number of hydrogen-bond donors (Lipinski definition) is 0. The van der Waals surface area contributed by atoms with Gasteiger partial charge in [-0.2, -0.15) is 8.42 Å². The summed E-state index contributed by atoms with van der Waals surface area (Å²) in [5, 5.41) is 0. The van der Waals surface area contributed by atoms with Crippen molar-refractivity contribution in [3.63, 3.8) is 0 Å². The molecule has 2 aromatic rings. The van der Waals surface area contributed by atoms with Crippen molar-refractivity contribution in [3.8, 4) is 0 Å². The largest absolute Gasteiger partial charge is 0.341 e. The Morgan fingerprint density at radius 1 is 1.21 bits per heavy atom. The number of hydrogen-bond acceptors (Lipinski definition) is 5. The van der Waals surface area contributed by atoms with Crippen molar-refractivity contribution >= 4 is 25.3 Å². The van der Waals surface area contributed by atoms with E-state index in [1.165, 1.54) is 5.56 Å². The molecule has 24 heavy (non-hydrogen) atoms. The highest BCUT2D eigenvalue weighted by molar-refractivity contribution is 7.86. The maximum atomic E-state index is 12.2. The number of fused-ring (bicyclic) bond motifs is 1. The van der Waals surface area contributed by atoms with E-state index in [2.05, 4.69) is 25.1 Å². The number of rotatable bonds is 5. The lowest BCUT2D eigenvalue weighted by molar-refractivity contribution is 0.321. The lowest BCUT2D eigenvalue weighted by Gasteiger charge is -2.26. The van der Waals surface area contributed by atoms with Gasteiger partial charge in [0, 0.05) is 18.7 Å². The lowest BCUT2D eigenvalue weighted by Crippen LogP contribution is -2.21. The van der Waals surface area contributed by atoms with Gasteiger partial charge in [-0.3, -0.25) is 4.18 Å². The molecule has 0 spiro atoms. The quantitative estimate of drug-likeness (QED) is 0.603. The van der Waals surface area contributed by atoms with Crippen molar-refractivity contribution in [3.05, 3.63) is 53.2 Å². The molecule has 3 rings (SSSR count). The first-order valence-corrected chi connectivity index (χ1v) is 9.85. The van der Waals surface area contributed by atoms with Crippen molar-refractivity contribution in [1.82, 2.24) is 4.98 Å². The normalized spacial score (nSPS) is 14.5. The van der Waals surface area contributed by atoms with Gasteiger partial charge in [0.1, 0.15) is 5.82 Å². The van der Waals surface area contributed by atoms with Gasteiger partial charge < -0.3 is 4.67 Å². The second-order valence-corrected chi connectivity index (χ2v) is 8.16. The maximum Gasteiger partial charge on any atom is 0.296 e. The first-order chi connectivity index (χ1) is 11.5. The van der Waals surface area contributed by atoms with Gasteiger partial charge in [0.25, 0.3) is 10.1 Å². The van der Waals surface area contributed by atoms with E-state index in [1.54, 1.807) is 24.3 Å². The molecule has 1 aliphatic heterocycles. The molecule has 0 aliphatic carbocycles. The third-order valence-electron chi connectivity index (χ3n) is 4.04. The molecular formula is C17H21N2O3PS. The topological polar surface area (TPSA) is 59.5 Å². The van der Waals surface area contributed by atoms with Crippen molar-refractivity contribution in [1.29, 1.82) is 0 Å². The zero-order valence-electron chi connectivity index (χ0n) is 13.6. The Kier molecular flexibility index (Phi) is 5.18. The summed E-state index contributed by atoms with van der Waals surface area (Å²) in [5.41, 5.74) is 3.07. The average molecular weight is 364 g/mol. The van der Waals surface area contributed by atoms with Crippen LogP contribution in [0, 0.1) is 6.92 Å². The molecule has 5 nitrogen and oxygen atoms in total. The number of nitrogens with zero attached hydrogens (tertiary/aromatic N) is 2. The van der Waals surface area contributed by atoms with Crippen LogP contribution in [-0.4, -0.2) is 26.6 Å². The number of aryl methyl sites for hydroxylation is 2. The third kappa shape index (κ3) is 3.94. The van der Waals surface area contributed by atoms with Crippen molar-refractivity contribution in [2.24, 2.45) is 0 Å². The van der Waals surface area contributed by atoms with Crippen LogP contribution in [0.1, 0.15) is 23.2 Å². The van der Waals surface area contributed by atoms with Crippen LogP contribution < -0.4 is 4.67 Å². The molecule has 0 amide bonds. The third-order valence-corrected chi connectivity index (χ3v) is 5.87. The number of anilines is 1. The highest BCUT2D eigenvalue weighted by Gasteiger charge is 2.17. The van der Waals surface area contributed by atoms with Gasteiger partial charge in [0.15, 0.2) is 0 Å². The van der Waals surface area contributed by atoms with E-state index in [0.717, 1.165) is 36.5 Å². The van der Waals surface area contributed by atoms with Crippen molar-refractivity contribution in [2.75, 3.05) is 17.8 Å². The molecule has 0 bridgehead atoms. The van der Waals surface area contributed by atoms with Crippen LogP contribution in [0.2, 0.25) is 0 Å². The second-order valence-electron chi connectivity index (χ2n) is 5.92. The molecule has 0 radical (unpaired) electrons. The highest BCUT2D eigenvalue weighted by Crippen LogP contribution is 2.27. The van der Waals surface area contributed by atoms with Crippen LogP contribution in [0.5, 0.6) is 0 Å². The zero-order valence-corrected chi connectivity index (χ0v) is 15.6. The molecule has 0 fully saturated rings. The van der Waals surface area contributed by atoms with Gasteiger partial charge in [-0.25, -0.2) is 4.98 Å². The lowest BCUT2D eigenvalue weighted by atomic mass is 10.1. The fourth-order valence-electron chi connectivity index (χ4n) is 2.67. The van der Waals surface area contributed by atoms with Gasteiger partial charge in [-0.15, -0.1) is 0 Å². The molecule has 1 atom stereocenters. The Balaban J connectivity index is 1.64. The van der Waals surface area contributed by atoms with E-state index in [-0.39, 0.29) is 11.5 Å². The Hall–Kier alpha value is -1.49. The Morgan fingerprint density at radius 2 is 1.96 bits per heavy atom. The summed E-state index contributed by atoms with van der Waals surface area (Å²) >= 11 is 0. The average Bonchev–Trinajstić information content (AvgIpc) is 2.56. The SMILES string of the molecule is Cc1ccc(S(=O)(=O)OCCc2ccc3c(n2)N(P)CCC3)cc1. The minimum atomic E-state index is -3.72. The molecular weight excluding hydrogens is 343 g/mol. The van der Waals surface area contributed by atoms with Crippen LogP contribution in [-0.2, 0) is 27.1 Å². The highest BCUT2D eigenvalue weighted by atomic mass is 32.2. The van der Waals surface area contributed by atoms with Crippen molar-refractivity contribution < 1.29 is 12.6 Å². The minimum Gasteiger partial charge on any atom is -0.341 e. The van der Waals surface area contributed by atoms with Gasteiger partial charge >= 0.3 is 0 Å². The number of aromatic nitrogens is 1. The molecule has 1 unspecified atom stereocenters. The van der Waals surface area contributed by atoms with Crippen LogP contribution in [0.4, 0.5) is 5.82 Å². The monoisotopic (exact) mass is 364 g/mol. The molecule has 0 saturated carbocycles. The number of benzene rings is 1.